The molecule has 5 rings (SSSR count). The van der Waals surface area contributed by atoms with Crippen molar-refractivity contribution < 1.29 is 4.79 Å². The third-order valence-electron chi connectivity index (χ3n) is 5.07. The number of anilines is 1. The molecule has 0 atom stereocenters. The van der Waals surface area contributed by atoms with E-state index in [4.69, 9.17) is 4.98 Å². The van der Waals surface area contributed by atoms with Crippen LogP contribution in [-0.2, 0) is 0 Å². The van der Waals surface area contributed by atoms with Gasteiger partial charge in [-0.2, -0.15) is 0 Å². The van der Waals surface area contributed by atoms with E-state index in [9.17, 15) is 4.79 Å². The zero-order chi connectivity index (χ0) is 21.2. The Kier molecular flexibility index (Phi) is 4.72. The van der Waals surface area contributed by atoms with E-state index in [1.54, 1.807) is 12.4 Å². The maximum absolute atomic E-state index is 13.0. The second-order valence-corrected chi connectivity index (χ2v) is 7.18. The summed E-state index contributed by atoms with van der Waals surface area (Å²) in [4.78, 5) is 26.6. The quantitative estimate of drug-likeness (QED) is 0.456. The Bertz CT molecular complexity index is 1360. The van der Waals surface area contributed by atoms with Crippen molar-refractivity contribution >= 4 is 17.4 Å². The highest BCUT2D eigenvalue weighted by Gasteiger charge is 2.18. The summed E-state index contributed by atoms with van der Waals surface area (Å²) in [5.74, 6) is 0.898. The van der Waals surface area contributed by atoms with Crippen molar-refractivity contribution in [3.05, 3.63) is 103 Å². The third kappa shape index (κ3) is 3.55. The second kappa shape index (κ2) is 7.84. The van der Waals surface area contributed by atoms with Crippen LogP contribution in [0.4, 0.5) is 5.82 Å². The van der Waals surface area contributed by atoms with Gasteiger partial charge < -0.3 is 5.32 Å². The number of aryl methyl sites for hydroxylation is 1. The molecular weight excluding hydrogens is 386 g/mol. The van der Waals surface area contributed by atoms with Crippen molar-refractivity contribution in [2.75, 3.05) is 5.32 Å². The van der Waals surface area contributed by atoms with E-state index in [-0.39, 0.29) is 5.91 Å². The number of carbonyl (C=O) groups is 1. The fourth-order valence-corrected chi connectivity index (χ4v) is 3.48. The van der Waals surface area contributed by atoms with Crippen molar-refractivity contribution in [1.82, 2.24) is 19.4 Å². The van der Waals surface area contributed by atoms with Crippen LogP contribution in [-0.4, -0.2) is 25.3 Å². The lowest BCUT2D eigenvalue weighted by Crippen LogP contribution is -2.15. The van der Waals surface area contributed by atoms with Crippen LogP contribution in [0.5, 0.6) is 0 Å². The third-order valence-corrected chi connectivity index (χ3v) is 5.07. The van der Waals surface area contributed by atoms with Gasteiger partial charge in [0.2, 0.25) is 0 Å². The number of nitrogens with zero attached hydrogens (tertiary/aromatic N) is 4. The van der Waals surface area contributed by atoms with E-state index in [0.717, 1.165) is 22.3 Å². The van der Waals surface area contributed by atoms with E-state index in [1.165, 1.54) is 0 Å². The number of hydrogen-bond acceptors (Lipinski definition) is 4. The Morgan fingerprint density at radius 3 is 2.16 bits per heavy atom. The molecule has 0 radical (unpaired) electrons. The molecule has 0 aliphatic carbocycles. The molecule has 0 bridgehead atoms. The number of benzene rings is 2. The van der Waals surface area contributed by atoms with Crippen LogP contribution in [0.3, 0.4) is 0 Å². The minimum absolute atomic E-state index is 0.292. The molecule has 2 aromatic carbocycles. The topological polar surface area (TPSA) is 72.2 Å². The molecule has 150 valence electrons. The molecule has 0 saturated heterocycles. The van der Waals surface area contributed by atoms with Crippen LogP contribution in [0.25, 0.3) is 28.3 Å². The summed E-state index contributed by atoms with van der Waals surface area (Å²) < 4.78 is 1.90. The van der Waals surface area contributed by atoms with Gasteiger partial charge in [0.15, 0.2) is 5.82 Å². The first-order valence-electron chi connectivity index (χ1n) is 9.92. The number of carbonyl (C=O) groups excluding carboxylic acids is 1. The highest BCUT2D eigenvalue weighted by Crippen LogP contribution is 2.30. The van der Waals surface area contributed by atoms with Crippen LogP contribution in [0, 0.1) is 6.92 Å². The number of hydrogen-bond donors (Lipinski definition) is 1. The number of rotatable bonds is 4. The number of imidazole rings is 1. The SMILES string of the molecule is Cc1cccn2c(NC(=O)c3cnc(-c4ccccc4)nc3)c(-c3ccccc3)nc12. The highest BCUT2D eigenvalue weighted by molar-refractivity contribution is 6.05. The molecule has 3 aromatic heterocycles. The molecule has 0 fully saturated rings. The molecule has 3 heterocycles. The Labute approximate surface area is 179 Å². The predicted octanol–water partition coefficient (Wildman–Crippen LogP) is 5.02. The number of fused-ring (bicyclic) bond motifs is 1. The molecule has 0 spiro atoms. The molecule has 1 N–H and O–H groups in total. The lowest BCUT2D eigenvalue weighted by molar-refractivity contribution is 0.102. The van der Waals surface area contributed by atoms with E-state index >= 15 is 0 Å². The largest absolute Gasteiger partial charge is 0.306 e. The van der Waals surface area contributed by atoms with Crippen LogP contribution in [0.2, 0.25) is 0 Å². The molecule has 0 saturated carbocycles. The smallest absolute Gasteiger partial charge is 0.259 e. The van der Waals surface area contributed by atoms with Gasteiger partial charge in [0.05, 0.1) is 5.56 Å². The molecule has 1 amide bonds. The van der Waals surface area contributed by atoms with E-state index in [0.29, 0.717) is 22.9 Å². The summed E-state index contributed by atoms with van der Waals surface area (Å²) in [6.07, 6.45) is 4.98. The summed E-state index contributed by atoms with van der Waals surface area (Å²) in [7, 11) is 0. The van der Waals surface area contributed by atoms with Gasteiger partial charge in [-0.3, -0.25) is 9.20 Å². The molecule has 6 nitrogen and oxygen atoms in total. The zero-order valence-electron chi connectivity index (χ0n) is 16.9. The molecule has 0 aliphatic heterocycles. The summed E-state index contributed by atoms with van der Waals surface area (Å²) in [6, 6.07) is 23.4. The first-order valence-corrected chi connectivity index (χ1v) is 9.92. The van der Waals surface area contributed by atoms with Crippen molar-refractivity contribution in [3.63, 3.8) is 0 Å². The first kappa shape index (κ1) is 18.7. The minimum Gasteiger partial charge on any atom is -0.306 e. The monoisotopic (exact) mass is 405 g/mol. The summed E-state index contributed by atoms with van der Waals surface area (Å²) in [5.41, 5.74) is 4.74. The van der Waals surface area contributed by atoms with Crippen LogP contribution >= 0.6 is 0 Å². The lowest BCUT2D eigenvalue weighted by Gasteiger charge is -2.08. The van der Waals surface area contributed by atoms with Gasteiger partial charge >= 0.3 is 0 Å². The number of nitrogens with one attached hydrogen (secondary N) is 1. The van der Waals surface area contributed by atoms with Gasteiger partial charge in [-0.25, -0.2) is 15.0 Å². The summed E-state index contributed by atoms with van der Waals surface area (Å²) >= 11 is 0. The molecule has 0 unspecified atom stereocenters. The van der Waals surface area contributed by atoms with Crippen LogP contribution in [0.1, 0.15) is 15.9 Å². The van der Waals surface area contributed by atoms with Gasteiger partial charge in [0.1, 0.15) is 17.2 Å². The van der Waals surface area contributed by atoms with Gasteiger partial charge in [-0.15, -0.1) is 0 Å². The highest BCUT2D eigenvalue weighted by atomic mass is 16.1. The number of pyridine rings is 1. The first-order chi connectivity index (χ1) is 15.2. The van der Waals surface area contributed by atoms with Crippen molar-refractivity contribution in [2.24, 2.45) is 0 Å². The van der Waals surface area contributed by atoms with Gasteiger partial charge in [0, 0.05) is 29.7 Å². The zero-order valence-corrected chi connectivity index (χ0v) is 16.9. The second-order valence-electron chi connectivity index (χ2n) is 7.18. The molecule has 6 heteroatoms. The Hall–Kier alpha value is -4.32. The Morgan fingerprint density at radius 1 is 0.839 bits per heavy atom. The standard InChI is InChI=1S/C25H19N5O/c1-17-9-8-14-30-23(17)28-21(18-10-4-2-5-11-18)24(30)29-25(31)20-15-26-22(27-16-20)19-12-6-3-7-13-19/h2-16H,1H3,(H,29,31). The summed E-state index contributed by atoms with van der Waals surface area (Å²) in [6.45, 7) is 2.00. The van der Waals surface area contributed by atoms with Gasteiger partial charge in [-0.05, 0) is 18.6 Å². The Balaban J connectivity index is 1.51. The van der Waals surface area contributed by atoms with Crippen LogP contribution in [0.15, 0.2) is 91.4 Å². The normalized spacial score (nSPS) is 10.9. The fraction of sp³-hybridized carbons (Fsp3) is 0.0400. The van der Waals surface area contributed by atoms with Gasteiger partial charge in [-0.1, -0.05) is 66.7 Å². The van der Waals surface area contributed by atoms with E-state index in [1.807, 2.05) is 90.3 Å². The van der Waals surface area contributed by atoms with Crippen molar-refractivity contribution in [1.29, 1.82) is 0 Å². The Morgan fingerprint density at radius 2 is 1.48 bits per heavy atom. The lowest BCUT2D eigenvalue weighted by atomic mass is 10.1. The number of amides is 1. The van der Waals surface area contributed by atoms with Crippen molar-refractivity contribution in [2.45, 2.75) is 6.92 Å². The average Bonchev–Trinajstić information content (AvgIpc) is 3.20. The predicted molar refractivity (Wildman–Crippen MR) is 121 cm³/mol. The van der Waals surface area contributed by atoms with E-state index in [2.05, 4.69) is 15.3 Å². The van der Waals surface area contributed by atoms with Gasteiger partial charge in [0.25, 0.3) is 5.91 Å². The molecule has 5 aromatic rings. The van der Waals surface area contributed by atoms with E-state index < -0.39 is 0 Å². The minimum atomic E-state index is -0.292. The molecule has 0 aliphatic rings. The maximum Gasteiger partial charge on any atom is 0.259 e. The van der Waals surface area contributed by atoms with Crippen molar-refractivity contribution in [3.8, 4) is 22.6 Å². The molecular formula is C25H19N5O. The fourth-order valence-electron chi connectivity index (χ4n) is 3.48. The average molecular weight is 405 g/mol. The summed E-state index contributed by atoms with van der Waals surface area (Å²) in [5, 5.41) is 3.02. The number of aromatic nitrogens is 4. The molecule has 31 heavy (non-hydrogen) atoms. The maximum atomic E-state index is 13.0. The van der Waals surface area contributed by atoms with Crippen LogP contribution < -0.4 is 5.32 Å².